The summed E-state index contributed by atoms with van der Waals surface area (Å²) in [6.07, 6.45) is 2.90. The Hall–Kier alpha value is -5.49. The van der Waals surface area contributed by atoms with Gasteiger partial charge in [-0.2, -0.15) is 5.26 Å². The van der Waals surface area contributed by atoms with Crippen LogP contribution in [0.2, 0.25) is 0 Å². The monoisotopic (exact) mass is 535 g/mol. The number of methoxy groups -OCH3 is 1. The van der Waals surface area contributed by atoms with E-state index < -0.39 is 29.7 Å². The van der Waals surface area contributed by atoms with Gasteiger partial charge in [0, 0.05) is 13.0 Å². The van der Waals surface area contributed by atoms with E-state index in [0.29, 0.717) is 5.56 Å². The summed E-state index contributed by atoms with van der Waals surface area (Å²) in [5.41, 5.74) is 1.48. The smallest absolute Gasteiger partial charge is 0.335 e. The number of rotatable bonds is 10. The van der Waals surface area contributed by atoms with Crippen LogP contribution >= 0.6 is 0 Å². The number of carbonyl (C=O) groups is 4. The first-order valence-corrected chi connectivity index (χ1v) is 12.3. The molecular weight excluding hydrogens is 510 g/mol. The molecule has 0 aliphatic carbocycles. The van der Waals surface area contributed by atoms with Gasteiger partial charge in [-0.15, -0.1) is 6.58 Å². The Morgan fingerprint density at radius 1 is 1.00 bits per heavy atom. The average molecular weight is 536 g/mol. The zero-order valence-corrected chi connectivity index (χ0v) is 21.6. The largest absolute Gasteiger partial charge is 0.493 e. The Kier molecular flexibility index (Phi) is 8.52. The van der Waals surface area contributed by atoms with Gasteiger partial charge in [0.25, 0.3) is 17.7 Å². The molecule has 40 heavy (non-hydrogen) atoms. The van der Waals surface area contributed by atoms with E-state index in [9.17, 15) is 24.4 Å². The minimum atomic E-state index is -1.25. The van der Waals surface area contributed by atoms with Crippen LogP contribution in [-0.2, 0) is 16.0 Å². The van der Waals surface area contributed by atoms with E-state index in [2.05, 4.69) is 11.9 Å². The van der Waals surface area contributed by atoms with E-state index >= 15 is 0 Å². The number of nitrogens with zero attached hydrogens (tertiary/aromatic N) is 2. The van der Waals surface area contributed by atoms with Crippen molar-refractivity contribution in [3.05, 3.63) is 113 Å². The van der Waals surface area contributed by atoms with E-state index in [1.54, 1.807) is 48.5 Å². The number of hydrogen-bond donors (Lipinski definition) is 1. The number of fused-ring (bicyclic) bond motifs is 1. The van der Waals surface area contributed by atoms with Crippen molar-refractivity contribution in [1.82, 2.24) is 10.2 Å². The molecule has 0 radical (unpaired) electrons. The Morgan fingerprint density at radius 2 is 1.65 bits per heavy atom. The maximum atomic E-state index is 13.6. The number of nitrogens with one attached hydrogen (secondary N) is 1. The van der Waals surface area contributed by atoms with E-state index in [1.807, 2.05) is 12.1 Å². The predicted octanol–water partition coefficient (Wildman–Crippen LogP) is 3.72. The third-order valence-corrected chi connectivity index (χ3v) is 6.16. The lowest BCUT2D eigenvalue weighted by Gasteiger charge is -2.25. The summed E-state index contributed by atoms with van der Waals surface area (Å²) >= 11 is 0. The van der Waals surface area contributed by atoms with Gasteiger partial charge in [0.15, 0.2) is 11.5 Å². The molecule has 0 spiro atoms. The highest BCUT2D eigenvalue weighted by Crippen LogP contribution is 2.31. The Bertz CT molecular complexity index is 1520. The number of esters is 1. The number of benzene rings is 3. The van der Waals surface area contributed by atoms with Crippen LogP contribution in [-0.4, -0.2) is 48.3 Å². The van der Waals surface area contributed by atoms with Crippen molar-refractivity contribution in [2.24, 2.45) is 0 Å². The molecule has 3 aromatic rings. The maximum Gasteiger partial charge on any atom is 0.335 e. The van der Waals surface area contributed by atoms with Gasteiger partial charge in [0.2, 0.25) is 0 Å². The molecule has 9 heteroatoms. The fourth-order valence-electron chi connectivity index (χ4n) is 4.22. The molecule has 0 bridgehead atoms. The lowest BCUT2D eigenvalue weighted by atomic mass is 10.0. The van der Waals surface area contributed by atoms with Crippen molar-refractivity contribution in [1.29, 1.82) is 5.26 Å². The Morgan fingerprint density at radius 3 is 2.25 bits per heavy atom. The summed E-state index contributed by atoms with van der Waals surface area (Å²) in [5, 5.41) is 11.9. The average Bonchev–Trinajstić information content (AvgIpc) is 3.23. The van der Waals surface area contributed by atoms with E-state index in [1.165, 1.54) is 37.5 Å². The zero-order valence-electron chi connectivity index (χ0n) is 21.6. The van der Waals surface area contributed by atoms with Crippen LogP contribution in [0, 0.1) is 11.3 Å². The maximum absolute atomic E-state index is 13.6. The SMILES string of the molecule is C=CCNC(=O)C(C#N)=Cc1ccc(OC(=O)C(Cc2ccccc2)N2C(=O)c3ccccc3C2=O)c(OC)c1. The fourth-order valence-corrected chi connectivity index (χ4v) is 4.22. The van der Waals surface area contributed by atoms with Crippen LogP contribution in [0.3, 0.4) is 0 Å². The molecule has 0 saturated heterocycles. The molecule has 200 valence electrons. The zero-order chi connectivity index (χ0) is 28.6. The lowest BCUT2D eigenvalue weighted by Crippen LogP contribution is -2.48. The third kappa shape index (κ3) is 5.81. The van der Waals surface area contributed by atoms with Crippen LogP contribution in [0.1, 0.15) is 31.8 Å². The number of nitriles is 1. The highest BCUT2D eigenvalue weighted by molar-refractivity contribution is 6.22. The van der Waals surface area contributed by atoms with Crippen LogP contribution in [0.5, 0.6) is 11.5 Å². The van der Waals surface area contributed by atoms with Crippen molar-refractivity contribution in [3.63, 3.8) is 0 Å². The molecule has 0 fully saturated rings. The van der Waals surface area contributed by atoms with Crippen LogP contribution in [0.4, 0.5) is 0 Å². The Labute approximate surface area is 230 Å². The van der Waals surface area contributed by atoms with Crippen molar-refractivity contribution in [2.45, 2.75) is 12.5 Å². The standard InChI is InChI=1S/C31H25N3O6/c1-3-15-33-28(35)22(19-32)16-21-13-14-26(27(18-21)39-2)40-31(38)25(17-20-9-5-4-6-10-20)34-29(36)23-11-7-8-12-24(23)30(34)37/h3-14,16,18,25H,1,15,17H2,2H3,(H,33,35). The molecule has 3 amide bonds. The van der Waals surface area contributed by atoms with Gasteiger partial charge in [0.1, 0.15) is 17.7 Å². The second kappa shape index (κ2) is 12.4. The first kappa shape index (κ1) is 27.5. The van der Waals surface area contributed by atoms with E-state index in [-0.39, 0.29) is 41.2 Å². The molecule has 4 rings (SSSR count). The number of amides is 3. The van der Waals surface area contributed by atoms with Crippen LogP contribution in [0.15, 0.2) is 91.0 Å². The predicted molar refractivity (Wildman–Crippen MR) is 146 cm³/mol. The topological polar surface area (TPSA) is 126 Å². The fraction of sp³-hybridized carbons (Fsp3) is 0.129. The molecule has 1 atom stereocenters. The quantitative estimate of drug-likeness (QED) is 0.105. The van der Waals surface area contributed by atoms with Crippen molar-refractivity contribution >= 4 is 29.8 Å². The highest BCUT2D eigenvalue weighted by Gasteiger charge is 2.43. The van der Waals surface area contributed by atoms with Gasteiger partial charge in [0.05, 0.1) is 18.2 Å². The number of hydrogen-bond acceptors (Lipinski definition) is 7. The highest BCUT2D eigenvalue weighted by atomic mass is 16.6. The Balaban J connectivity index is 1.63. The summed E-state index contributed by atoms with van der Waals surface area (Å²) in [6.45, 7) is 3.72. The first-order valence-electron chi connectivity index (χ1n) is 12.3. The van der Waals surface area contributed by atoms with Crippen molar-refractivity contribution in [3.8, 4) is 17.6 Å². The van der Waals surface area contributed by atoms with Crippen molar-refractivity contribution < 1.29 is 28.7 Å². The second-order valence-corrected chi connectivity index (χ2v) is 8.73. The third-order valence-electron chi connectivity index (χ3n) is 6.16. The molecule has 0 aromatic heterocycles. The summed E-state index contributed by atoms with van der Waals surface area (Å²) in [4.78, 5) is 53.1. The summed E-state index contributed by atoms with van der Waals surface area (Å²) in [7, 11) is 1.37. The number of imide groups is 1. The summed E-state index contributed by atoms with van der Waals surface area (Å²) in [5.74, 6) is -2.38. The van der Waals surface area contributed by atoms with Gasteiger partial charge in [-0.1, -0.05) is 54.6 Å². The molecule has 1 aliphatic heterocycles. The van der Waals surface area contributed by atoms with Gasteiger partial charge in [-0.25, -0.2) is 4.79 Å². The van der Waals surface area contributed by atoms with Crippen molar-refractivity contribution in [2.75, 3.05) is 13.7 Å². The molecule has 0 saturated carbocycles. The van der Waals surface area contributed by atoms with E-state index in [0.717, 1.165) is 10.5 Å². The molecule has 1 heterocycles. The molecular formula is C31H25N3O6. The molecule has 9 nitrogen and oxygen atoms in total. The molecule has 3 aromatic carbocycles. The van der Waals surface area contributed by atoms with Gasteiger partial charge >= 0.3 is 5.97 Å². The van der Waals surface area contributed by atoms with Crippen LogP contribution in [0.25, 0.3) is 6.08 Å². The minimum Gasteiger partial charge on any atom is -0.493 e. The normalized spacial score (nSPS) is 13.2. The van der Waals surface area contributed by atoms with Crippen LogP contribution < -0.4 is 14.8 Å². The lowest BCUT2D eigenvalue weighted by molar-refractivity contribution is -0.139. The first-order chi connectivity index (χ1) is 19.4. The van der Waals surface area contributed by atoms with Gasteiger partial charge in [-0.05, 0) is 41.5 Å². The van der Waals surface area contributed by atoms with Gasteiger partial charge < -0.3 is 14.8 Å². The molecule has 1 aliphatic rings. The molecule has 1 N–H and O–H groups in total. The number of ether oxygens (including phenoxy) is 2. The second-order valence-electron chi connectivity index (χ2n) is 8.73. The van der Waals surface area contributed by atoms with Gasteiger partial charge in [-0.3, -0.25) is 19.3 Å². The van der Waals surface area contributed by atoms with E-state index in [4.69, 9.17) is 9.47 Å². The minimum absolute atomic E-state index is 0.0361. The summed E-state index contributed by atoms with van der Waals surface area (Å²) in [6, 6.07) is 20.5. The molecule has 1 unspecified atom stereocenters. The summed E-state index contributed by atoms with van der Waals surface area (Å²) < 4.78 is 11.1. The number of carbonyl (C=O) groups excluding carboxylic acids is 4.